The maximum Gasteiger partial charge on any atom is 0.310 e. The molecule has 0 aliphatic carbocycles. The first kappa shape index (κ1) is 13.8. The Balaban J connectivity index is 1.73. The van der Waals surface area contributed by atoms with Crippen LogP contribution in [0.5, 0.6) is 0 Å². The molecule has 0 radical (unpaired) electrons. The van der Waals surface area contributed by atoms with Crippen LogP contribution in [0.15, 0.2) is 42.5 Å². The lowest BCUT2D eigenvalue weighted by atomic mass is 9.82. The van der Waals surface area contributed by atoms with Crippen LogP contribution in [0, 0.1) is 11.8 Å². The van der Waals surface area contributed by atoms with Crippen molar-refractivity contribution < 1.29 is 19.4 Å². The highest BCUT2D eigenvalue weighted by molar-refractivity contribution is 5.87. The van der Waals surface area contributed by atoms with Crippen molar-refractivity contribution in [3.8, 4) is 0 Å². The van der Waals surface area contributed by atoms with Crippen molar-refractivity contribution in [1.82, 2.24) is 5.32 Å². The number of benzene rings is 1. The predicted molar refractivity (Wildman–Crippen MR) is 75.4 cm³/mol. The van der Waals surface area contributed by atoms with Crippen LogP contribution >= 0.6 is 0 Å². The summed E-state index contributed by atoms with van der Waals surface area (Å²) in [7, 11) is 0. The summed E-state index contributed by atoms with van der Waals surface area (Å²) < 4.78 is 5.51. The minimum absolute atomic E-state index is 0.170. The molecule has 1 aromatic carbocycles. The highest BCUT2D eigenvalue weighted by atomic mass is 16.5. The number of ether oxygens (including phenoxy) is 1. The second kappa shape index (κ2) is 5.33. The lowest BCUT2D eigenvalue weighted by Gasteiger charge is -2.23. The predicted octanol–water partition coefficient (Wildman–Crippen LogP) is 1.52. The van der Waals surface area contributed by atoms with Crippen molar-refractivity contribution in [3.63, 3.8) is 0 Å². The van der Waals surface area contributed by atoms with Gasteiger partial charge in [0.1, 0.15) is 5.92 Å². The van der Waals surface area contributed by atoms with Crippen molar-refractivity contribution in [2.45, 2.75) is 25.2 Å². The highest BCUT2D eigenvalue weighted by Crippen LogP contribution is 2.39. The molecule has 1 amide bonds. The molecule has 1 aromatic rings. The van der Waals surface area contributed by atoms with Crippen LogP contribution < -0.4 is 5.32 Å². The van der Waals surface area contributed by atoms with Gasteiger partial charge >= 0.3 is 5.97 Å². The third-order valence-electron chi connectivity index (χ3n) is 4.15. The fraction of sp³-hybridized carbons (Fsp3) is 0.375. The van der Waals surface area contributed by atoms with E-state index in [1.165, 1.54) is 0 Å². The number of amides is 1. The first-order valence-electron chi connectivity index (χ1n) is 7.00. The summed E-state index contributed by atoms with van der Waals surface area (Å²) in [6.45, 7) is 1.88. The first-order valence-corrected chi connectivity index (χ1v) is 7.00. The molecule has 2 bridgehead atoms. The number of carboxylic acid groups (broad SMARTS) is 1. The fourth-order valence-corrected chi connectivity index (χ4v) is 3.05. The second-order valence-electron chi connectivity index (χ2n) is 5.48. The Morgan fingerprint density at radius 2 is 1.76 bits per heavy atom. The molecule has 1 saturated heterocycles. The van der Waals surface area contributed by atoms with Gasteiger partial charge < -0.3 is 15.2 Å². The van der Waals surface area contributed by atoms with E-state index in [1.54, 1.807) is 12.2 Å². The number of hydrogen-bond donors (Lipinski definition) is 2. The molecule has 110 valence electrons. The molecular weight excluding hydrogens is 270 g/mol. The van der Waals surface area contributed by atoms with Crippen molar-refractivity contribution in [2.24, 2.45) is 11.8 Å². The van der Waals surface area contributed by atoms with Crippen molar-refractivity contribution in [3.05, 3.63) is 48.0 Å². The Kier molecular flexibility index (Phi) is 3.51. The van der Waals surface area contributed by atoms with Crippen LogP contribution in [-0.2, 0) is 14.3 Å². The smallest absolute Gasteiger partial charge is 0.310 e. The van der Waals surface area contributed by atoms with Crippen LogP contribution in [0.25, 0.3) is 0 Å². The maximum absolute atomic E-state index is 12.4. The maximum atomic E-state index is 12.4. The standard InChI is InChI=1S/C16H17NO4/c1-9(10-5-3-2-4-6-10)17-15(18)13-11-7-8-12(21-11)14(13)16(19)20/h2-9,11-14H,1H3,(H,17,18)(H,19,20). The summed E-state index contributed by atoms with van der Waals surface area (Å²) in [5, 5.41) is 12.2. The number of carboxylic acids is 1. The number of rotatable bonds is 4. The van der Waals surface area contributed by atoms with Gasteiger partial charge in [-0.25, -0.2) is 0 Å². The minimum atomic E-state index is -0.987. The molecule has 5 unspecified atom stereocenters. The quantitative estimate of drug-likeness (QED) is 0.823. The molecule has 2 aliphatic heterocycles. The van der Waals surface area contributed by atoms with E-state index in [0.717, 1.165) is 5.56 Å². The van der Waals surface area contributed by atoms with Crippen LogP contribution in [0.4, 0.5) is 0 Å². The van der Waals surface area contributed by atoms with E-state index < -0.39 is 30.0 Å². The fourth-order valence-electron chi connectivity index (χ4n) is 3.05. The van der Waals surface area contributed by atoms with E-state index in [2.05, 4.69) is 5.32 Å². The number of hydrogen-bond acceptors (Lipinski definition) is 3. The monoisotopic (exact) mass is 287 g/mol. The summed E-state index contributed by atoms with van der Waals surface area (Å²) in [6.07, 6.45) is 2.59. The normalized spacial score (nSPS) is 31.1. The third kappa shape index (κ3) is 2.45. The molecule has 3 rings (SSSR count). The summed E-state index contributed by atoms with van der Waals surface area (Å²) in [6, 6.07) is 9.40. The Morgan fingerprint density at radius 3 is 2.38 bits per heavy atom. The highest BCUT2D eigenvalue weighted by Gasteiger charge is 2.53. The zero-order valence-corrected chi connectivity index (χ0v) is 11.6. The van der Waals surface area contributed by atoms with Crippen molar-refractivity contribution in [1.29, 1.82) is 0 Å². The molecule has 2 aliphatic rings. The van der Waals surface area contributed by atoms with E-state index in [-0.39, 0.29) is 11.9 Å². The molecular formula is C16H17NO4. The van der Waals surface area contributed by atoms with Gasteiger partial charge in [0.15, 0.2) is 0 Å². The van der Waals surface area contributed by atoms with Gasteiger partial charge in [-0.3, -0.25) is 9.59 Å². The van der Waals surface area contributed by atoms with Gasteiger partial charge in [0.25, 0.3) is 0 Å². The zero-order chi connectivity index (χ0) is 15.0. The molecule has 5 heteroatoms. The molecule has 0 saturated carbocycles. The van der Waals surface area contributed by atoms with Gasteiger partial charge in [0.05, 0.1) is 24.2 Å². The van der Waals surface area contributed by atoms with Gasteiger partial charge in [0, 0.05) is 0 Å². The van der Waals surface area contributed by atoms with Crippen molar-refractivity contribution in [2.75, 3.05) is 0 Å². The van der Waals surface area contributed by atoms with Gasteiger partial charge in [-0.05, 0) is 12.5 Å². The topological polar surface area (TPSA) is 75.6 Å². The minimum Gasteiger partial charge on any atom is -0.481 e. The largest absolute Gasteiger partial charge is 0.481 e. The van der Waals surface area contributed by atoms with E-state index >= 15 is 0 Å². The summed E-state index contributed by atoms with van der Waals surface area (Å²) in [5.74, 6) is -2.72. The zero-order valence-electron chi connectivity index (χ0n) is 11.6. The van der Waals surface area contributed by atoms with Crippen LogP contribution in [0.2, 0.25) is 0 Å². The molecule has 5 nitrogen and oxygen atoms in total. The molecule has 5 atom stereocenters. The van der Waals surface area contributed by atoms with Gasteiger partial charge in [-0.15, -0.1) is 0 Å². The summed E-state index contributed by atoms with van der Waals surface area (Å²) in [5.41, 5.74) is 0.984. The molecule has 2 N–H and O–H groups in total. The number of aliphatic carboxylic acids is 1. The second-order valence-corrected chi connectivity index (χ2v) is 5.48. The Hall–Kier alpha value is -2.14. The van der Waals surface area contributed by atoms with Gasteiger partial charge in [-0.1, -0.05) is 42.5 Å². The van der Waals surface area contributed by atoms with Crippen LogP contribution in [0.1, 0.15) is 18.5 Å². The average Bonchev–Trinajstić information content (AvgIpc) is 3.08. The molecule has 0 aromatic heterocycles. The van der Waals surface area contributed by atoms with E-state index in [9.17, 15) is 14.7 Å². The Bertz CT molecular complexity index is 583. The SMILES string of the molecule is CC(NC(=O)C1C2C=CC(O2)C1C(=O)O)c1ccccc1. The summed E-state index contributed by atoms with van der Waals surface area (Å²) >= 11 is 0. The average molecular weight is 287 g/mol. The van der Waals surface area contributed by atoms with Crippen LogP contribution in [-0.4, -0.2) is 29.2 Å². The number of carbonyl (C=O) groups excluding carboxylic acids is 1. The first-order chi connectivity index (χ1) is 10.1. The number of carbonyl (C=O) groups is 2. The van der Waals surface area contributed by atoms with E-state index in [0.29, 0.717) is 0 Å². The van der Waals surface area contributed by atoms with E-state index in [4.69, 9.17) is 4.74 Å². The number of fused-ring (bicyclic) bond motifs is 2. The number of nitrogens with one attached hydrogen (secondary N) is 1. The lowest BCUT2D eigenvalue weighted by Crippen LogP contribution is -2.43. The Labute approximate surface area is 122 Å². The third-order valence-corrected chi connectivity index (χ3v) is 4.15. The Morgan fingerprint density at radius 1 is 1.14 bits per heavy atom. The molecule has 21 heavy (non-hydrogen) atoms. The molecule has 0 spiro atoms. The molecule has 2 heterocycles. The van der Waals surface area contributed by atoms with Gasteiger partial charge in [-0.2, -0.15) is 0 Å². The van der Waals surface area contributed by atoms with Gasteiger partial charge in [0.2, 0.25) is 5.91 Å². The summed E-state index contributed by atoms with van der Waals surface area (Å²) in [4.78, 5) is 23.8. The lowest BCUT2D eigenvalue weighted by molar-refractivity contribution is -0.146. The van der Waals surface area contributed by atoms with Crippen LogP contribution in [0.3, 0.4) is 0 Å². The molecule has 1 fully saturated rings. The van der Waals surface area contributed by atoms with Crippen molar-refractivity contribution >= 4 is 11.9 Å². The van der Waals surface area contributed by atoms with E-state index in [1.807, 2.05) is 37.3 Å².